The molecule has 0 unspecified atom stereocenters. The van der Waals surface area contributed by atoms with E-state index in [9.17, 15) is 0 Å². The molecule has 18 heavy (non-hydrogen) atoms. The monoisotopic (exact) mass is 265 g/mol. The van der Waals surface area contributed by atoms with E-state index < -0.39 is 0 Å². The number of nitriles is 1. The Bertz CT molecular complexity index is 454. The fourth-order valence-electron chi connectivity index (χ4n) is 1.59. The summed E-state index contributed by atoms with van der Waals surface area (Å²) in [6.45, 7) is 2.27. The number of rotatable bonds is 6. The molecule has 0 aliphatic heterocycles. The maximum Gasteiger partial charge on any atom is 0.132 e. The number of likely N-dealkylation sites (N-methyl/N-ethyl adjacent to an activating group) is 1. The Morgan fingerprint density at radius 3 is 3.00 bits per heavy atom. The van der Waals surface area contributed by atoms with E-state index in [0.29, 0.717) is 23.1 Å². The molecule has 0 bridgehead atoms. The SMILES string of the molecule is CN(CCOCC1CC1)c1cc(C#N)cc(Cl)n1. The highest BCUT2D eigenvalue weighted by atomic mass is 35.5. The number of aromatic nitrogens is 1. The average molecular weight is 266 g/mol. The lowest BCUT2D eigenvalue weighted by atomic mass is 10.3. The summed E-state index contributed by atoms with van der Waals surface area (Å²) in [4.78, 5) is 6.14. The normalized spacial score (nSPS) is 14.3. The average Bonchev–Trinajstić information content (AvgIpc) is 3.17. The van der Waals surface area contributed by atoms with Crippen molar-refractivity contribution >= 4 is 17.4 Å². The van der Waals surface area contributed by atoms with Gasteiger partial charge in [-0.05, 0) is 30.9 Å². The lowest BCUT2D eigenvalue weighted by Crippen LogP contribution is -2.24. The van der Waals surface area contributed by atoms with Crippen LogP contribution in [0.5, 0.6) is 0 Å². The number of nitrogens with zero attached hydrogens (tertiary/aromatic N) is 3. The summed E-state index contributed by atoms with van der Waals surface area (Å²) in [7, 11) is 1.92. The number of anilines is 1. The summed E-state index contributed by atoms with van der Waals surface area (Å²) in [5.41, 5.74) is 0.524. The van der Waals surface area contributed by atoms with Crippen molar-refractivity contribution in [1.29, 1.82) is 5.26 Å². The Balaban J connectivity index is 1.84. The van der Waals surface area contributed by atoms with Crippen LogP contribution in [0, 0.1) is 17.2 Å². The molecule has 1 aliphatic carbocycles. The zero-order valence-corrected chi connectivity index (χ0v) is 11.2. The van der Waals surface area contributed by atoms with Crippen LogP contribution < -0.4 is 4.90 Å². The number of ether oxygens (including phenoxy) is 1. The topological polar surface area (TPSA) is 49.1 Å². The van der Waals surface area contributed by atoms with Gasteiger partial charge in [0.1, 0.15) is 11.0 Å². The van der Waals surface area contributed by atoms with Gasteiger partial charge in [0.2, 0.25) is 0 Å². The zero-order chi connectivity index (χ0) is 13.0. The first-order valence-electron chi connectivity index (χ1n) is 6.05. The van der Waals surface area contributed by atoms with Gasteiger partial charge >= 0.3 is 0 Å². The minimum atomic E-state index is 0.342. The summed E-state index contributed by atoms with van der Waals surface area (Å²) in [6.07, 6.45) is 2.61. The number of hydrogen-bond acceptors (Lipinski definition) is 4. The van der Waals surface area contributed by atoms with E-state index in [1.165, 1.54) is 12.8 Å². The summed E-state index contributed by atoms with van der Waals surface area (Å²) < 4.78 is 5.57. The first-order chi connectivity index (χ1) is 8.69. The summed E-state index contributed by atoms with van der Waals surface area (Å²) in [6, 6.07) is 5.36. The Kier molecular flexibility index (Phi) is 4.40. The van der Waals surface area contributed by atoms with Crippen LogP contribution in [0.1, 0.15) is 18.4 Å². The standard InChI is InChI=1S/C13H16ClN3O/c1-17(4-5-18-9-10-2-3-10)13-7-11(8-15)6-12(14)16-13/h6-7,10H,2-5,9H2,1H3. The van der Waals surface area contributed by atoms with Gasteiger partial charge in [-0.1, -0.05) is 11.6 Å². The largest absolute Gasteiger partial charge is 0.379 e. The van der Waals surface area contributed by atoms with Gasteiger partial charge in [-0.15, -0.1) is 0 Å². The van der Waals surface area contributed by atoms with E-state index in [4.69, 9.17) is 21.6 Å². The van der Waals surface area contributed by atoms with E-state index in [1.807, 2.05) is 11.9 Å². The van der Waals surface area contributed by atoms with Crippen molar-refractivity contribution in [3.63, 3.8) is 0 Å². The summed E-state index contributed by atoms with van der Waals surface area (Å²) >= 11 is 5.86. The number of pyridine rings is 1. The van der Waals surface area contributed by atoms with E-state index in [1.54, 1.807) is 12.1 Å². The lowest BCUT2D eigenvalue weighted by Gasteiger charge is -2.18. The second-order valence-electron chi connectivity index (χ2n) is 4.59. The molecule has 2 rings (SSSR count). The molecule has 1 aromatic rings. The molecule has 0 radical (unpaired) electrons. The molecule has 4 nitrogen and oxygen atoms in total. The van der Waals surface area contributed by atoms with Gasteiger partial charge in [-0.3, -0.25) is 0 Å². The molecule has 0 aromatic carbocycles. The van der Waals surface area contributed by atoms with Crippen molar-refractivity contribution in [2.75, 3.05) is 31.7 Å². The van der Waals surface area contributed by atoms with Gasteiger partial charge in [-0.25, -0.2) is 4.98 Å². The fraction of sp³-hybridized carbons (Fsp3) is 0.538. The highest BCUT2D eigenvalue weighted by Gasteiger charge is 2.21. The first kappa shape index (κ1) is 13.1. The molecule has 0 spiro atoms. The number of halogens is 1. The molecule has 1 fully saturated rings. The van der Waals surface area contributed by atoms with Crippen molar-refractivity contribution < 1.29 is 4.74 Å². The van der Waals surface area contributed by atoms with Crippen molar-refractivity contribution in [2.24, 2.45) is 5.92 Å². The highest BCUT2D eigenvalue weighted by Crippen LogP contribution is 2.28. The highest BCUT2D eigenvalue weighted by molar-refractivity contribution is 6.29. The van der Waals surface area contributed by atoms with E-state index in [2.05, 4.69) is 11.1 Å². The molecule has 1 aliphatic rings. The minimum absolute atomic E-state index is 0.342. The molecule has 0 saturated heterocycles. The van der Waals surface area contributed by atoms with Crippen molar-refractivity contribution in [3.05, 3.63) is 22.8 Å². The maximum absolute atomic E-state index is 8.87. The van der Waals surface area contributed by atoms with Crippen molar-refractivity contribution in [2.45, 2.75) is 12.8 Å². The van der Waals surface area contributed by atoms with Crippen LogP contribution in [0.2, 0.25) is 5.15 Å². The Morgan fingerprint density at radius 2 is 2.33 bits per heavy atom. The van der Waals surface area contributed by atoms with Crippen LogP contribution >= 0.6 is 11.6 Å². The van der Waals surface area contributed by atoms with Crippen LogP contribution in [0.4, 0.5) is 5.82 Å². The fourth-order valence-corrected chi connectivity index (χ4v) is 1.80. The molecule has 0 N–H and O–H groups in total. The van der Waals surface area contributed by atoms with E-state index in [0.717, 1.165) is 19.1 Å². The van der Waals surface area contributed by atoms with E-state index in [-0.39, 0.29) is 0 Å². The van der Waals surface area contributed by atoms with Crippen LogP contribution in [-0.2, 0) is 4.74 Å². The van der Waals surface area contributed by atoms with Crippen LogP contribution in [-0.4, -0.2) is 31.8 Å². The van der Waals surface area contributed by atoms with Gasteiger partial charge in [-0.2, -0.15) is 5.26 Å². The van der Waals surface area contributed by atoms with E-state index >= 15 is 0 Å². The summed E-state index contributed by atoms with van der Waals surface area (Å²) in [5, 5.41) is 9.21. The lowest BCUT2D eigenvalue weighted by molar-refractivity contribution is 0.131. The van der Waals surface area contributed by atoms with Crippen LogP contribution in [0.3, 0.4) is 0 Å². The zero-order valence-electron chi connectivity index (χ0n) is 10.4. The molecule has 0 atom stereocenters. The molecule has 96 valence electrons. The van der Waals surface area contributed by atoms with Gasteiger partial charge < -0.3 is 9.64 Å². The smallest absolute Gasteiger partial charge is 0.132 e. The molecular weight excluding hydrogens is 250 g/mol. The molecular formula is C13H16ClN3O. The van der Waals surface area contributed by atoms with Crippen LogP contribution in [0.15, 0.2) is 12.1 Å². The molecule has 5 heteroatoms. The first-order valence-corrected chi connectivity index (χ1v) is 6.43. The van der Waals surface area contributed by atoms with Crippen LogP contribution in [0.25, 0.3) is 0 Å². The maximum atomic E-state index is 8.87. The summed E-state index contributed by atoms with van der Waals surface area (Å²) in [5.74, 6) is 1.49. The molecule has 1 saturated carbocycles. The Morgan fingerprint density at radius 1 is 1.56 bits per heavy atom. The third-order valence-electron chi connectivity index (χ3n) is 2.92. The van der Waals surface area contributed by atoms with Gasteiger partial charge in [0.05, 0.1) is 18.2 Å². The predicted molar refractivity (Wildman–Crippen MR) is 70.8 cm³/mol. The quantitative estimate of drug-likeness (QED) is 0.586. The molecule has 1 aromatic heterocycles. The Labute approximate surface area is 112 Å². The third kappa shape index (κ3) is 3.86. The third-order valence-corrected chi connectivity index (χ3v) is 3.12. The second kappa shape index (κ2) is 6.03. The van der Waals surface area contributed by atoms with Gasteiger partial charge in [0, 0.05) is 20.2 Å². The number of hydrogen-bond donors (Lipinski definition) is 0. The second-order valence-corrected chi connectivity index (χ2v) is 4.98. The molecule has 1 heterocycles. The molecule has 0 amide bonds. The van der Waals surface area contributed by atoms with Crippen molar-refractivity contribution in [3.8, 4) is 6.07 Å². The van der Waals surface area contributed by atoms with Gasteiger partial charge in [0.25, 0.3) is 0 Å². The predicted octanol–water partition coefficient (Wildman–Crippen LogP) is 2.47. The Hall–Kier alpha value is -1.31. The van der Waals surface area contributed by atoms with Gasteiger partial charge in [0.15, 0.2) is 0 Å². The minimum Gasteiger partial charge on any atom is -0.379 e. The van der Waals surface area contributed by atoms with Crippen molar-refractivity contribution in [1.82, 2.24) is 4.98 Å².